The van der Waals surface area contributed by atoms with Crippen LogP contribution >= 0.6 is 23.6 Å². The molecule has 3 rings (SSSR count). The molecule has 25 heavy (non-hydrogen) atoms. The summed E-state index contributed by atoms with van der Waals surface area (Å²) in [4.78, 5) is 6.41. The molecule has 0 fully saturated rings. The van der Waals surface area contributed by atoms with Crippen molar-refractivity contribution in [3.63, 3.8) is 0 Å². The number of unbranched alkanes of at least 4 members (excludes halogenated alkanes) is 1. The number of thiophene rings is 1. The summed E-state index contributed by atoms with van der Waals surface area (Å²) in [5, 5.41) is 2.19. The maximum absolute atomic E-state index is 14.0. The minimum Gasteiger partial charge on any atom is -0.205 e. The van der Waals surface area contributed by atoms with E-state index in [9.17, 15) is 4.39 Å². The maximum Gasteiger partial charge on any atom is 0.150 e. The van der Waals surface area contributed by atoms with Gasteiger partial charge >= 0.3 is 0 Å². The summed E-state index contributed by atoms with van der Waals surface area (Å²) < 4.78 is 14.0. The van der Waals surface area contributed by atoms with Gasteiger partial charge < -0.3 is 0 Å². The smallest absolute Gasteiger partial charge is 0.150 e. The zero-order valence-electron chi connectivity index (χ0n) is 14.0. The van der Waals surface area contributed by atoms with E-state index in [0.717, 1.165) is 17.5 Å². The Morgan fingerprint density at radius 3 is 2.40 bits per heavy atom. The van der Waals surface area contributed by atoms with E-state index in [1.807, 2.05) is 29.5 Å². The second kappa shape index (κ2) is 8.30. The van der Waals surface area contributed by atoms with Gasteiger partial charge in [-0.15, -0.1) is 11.3 Å². The summed E-state index contributed by atoms with van der Waals surface area (Å²) in [6.07, 6.45) is 3.59. The predicted molar refractivity (Wildman–Crippen MR) is 108 cm³/mol. The molecule has 0 radical (unpaired) electrons. The number of hydrogen-bond donors (Lipinski definition) is 0. The lowest BCUT2D eigenvalue weighted by atomic mass is 10.0. The lowest BCUT2D eigenvalue weighted by Crippen LogP contribution is -1.82. The molecule has 0 atom stereocenters. The largest absolute Gasteiger partial charge is 0.205 e. The number of hydrogen-bond acceptors (Lipinski definition) is 3. The van der Waals surface area contributed by atoms with Crippen LogP contribution in [0.15, 0.2) is 59.6 Å². The van der Waals surface area contributed by atoms with E-state index in [0.29, 0.717) is 0 Å². The van der Waals surface area contributed by atoms with Gasteiger partial charge in [0.05, 0.1) is 5.16 Å². The Balaban J connectivity index is 1.81. The topological polar surface area (TPSA) is 12.4 Å². The number of isothiocyanates is 1. The third kappa shape index (κ3) is 4.29. The van der Waals surface area contributed by atoms with Crippen LogP contribution in [0.4, 0.5) is 10.1 Å². The summed E-state index contributed by atoms with van der Waals surface area (Å²) >= 11 is 6.37. The molecule has 4 heteroatoms. The van der Waals surface area contributed by atoms with Crippen LogP contribution in [0.1, 0.15) is 24.6 Å². The molecule has 0 aliphatic carbocycles. The standard InChI is InChI=1S/C21H18FNS2/c1-2-3-4-18-10-12-21(25-18)16-7-5-15(6-8-16)17-9-11-20(23-14-24)19(22)13-17/h5-13H,2-4H2,1H3. The summed E-state index contributed by atoms with van der Waals surface area (Å²) in [6, 6.07) is 17.6. The summed E-state index contributed by atoms with van der Waals surface area (Å²) in [6.45, 7) is 2.21. The third-order valence-electron chi connectivity index (χ3n) is 4.05. The molecule has 0 aliphatic rings. The molecule has 1 heterocycles. The highest BCUT2D eigenvalue weighted by Crippen LogP contribution is 2.32. The molecule has 0 unspecified atom stereocenters. The van der Waals surface area contributed by atoms with Gasteiger partial charge in [0.25, 0.3) is 0 Å². The van der Waals surface area contributed by atoms with E-state index in [-0.39, 0.29) is 5.69 Å². The minimum absolute atomic E-state index is 0.216. The normalized spacial score (nSPS) is 10.5. The monoisotopic (exact) mass is 367 g/mol. The van der Waals surface area contributed by atoms with Crippen molar-refractivity contribution in [2.75, 3.05) is 0 Å². The number of thiocarbonyl (C=S) groups is 1. The molecule has 0 N–H and O–H groups in total. The lowest BCUT2D eigenvalue weighted by molar-refractivity contribution is 0.630. The number of halogens is 1. The van der Waals surface area contributed by atoms with Crippen molar-refractivity contribution in [3.8, 4) is 21.6 Å². The predicted octanol–water partition coefficient (Wildman–Crippen LogP) is 7.30. The molecule has 0 saturated heterocycles. The fourth-order valence-corrected chi connectivity index (χ4v) is 3.82. The van der Waals surface area contributed by atoms with Crippen molar-refractivity contribution in [2.24, 2.45) is 4.99 Å². The SMILES string of the molecule is CCCCc1ccc(-c2ccc(-c3ccc(N=C=S)c(F)c3)cc2)s1. The van der Waals surface area contributed by atoms with Crippen molar-refractivity contribution >= 4 is 34.4 Å². The summed E-state index contributed by atoms with van der Waals surface area (Å²) in [7, 11) is 0. The fraction of sp³-hybridized carbons (Fsp3) is 0.190. The Labute approximate surface area is 156 Å². The van der Waals surface area contributed by atoms with E-state index in [1.165, 1.54) is 34.2 Å². The van der Waals surface area contributed by atoms with Gasteiger partial charge in [0.1, 0.15) is 11.5 Å². The molecular formula is C21H18FNS2. The van der Waals surface area contributed by atoms with Crippen molar-refractivity contribution in [1.29, 1.82) is 0 Å². The number of aliphatic imine (C=N–C) groups is 1. The van der Waals surface area contributed by atoms with Crippen LogP contribution in [0, 0.1) is 5.82 Å². The van der Waals surface area contributed by atoms with Gasteiger partial charge in [-0.1, -0.05) is 43.7 Å². The van der Waals surface area contributed by atoms with Gasteiger partial charge in [0, 0.05) is 9.75 Å². The van der Waals surface area contributed by atoms with Crippen LogP contribution in [0.5, 0.6) is 0 Å². The molecule has 0 saturated carbocycles. The molecular weight excluding hydrogens is 349 g/mol. The molecule has 3 aromatic rings. The fourth-order valence-electron chi connectivity index (χ4n) is 2.67. The van der Waals surface area contributed by atoms with Crippen LogP contribution in [-0.4, -0.2) is 5.16 Å². The Morgan fingerprint density at radius 2 is 1.72 bits per heavy atom. The maximum atomic E-state index is 14.0. The average Bonchev–Trinajstić information content (AvgIpc) is 3.11. The van der Waals surface area contributed by atoms with Gasteiger partial charge in [-0.3, -0.25) is 0 Å². The second-order valence-electron chi connectivity index (χ2n) is 5.82. The molecule has 1 nitrogen and oxygen atoms in total. The van der Waals surface area contributed by atoms with Crippen LogP contribution in [-0.2, 0) is 6.42 Å². The highest BCUT2D eigenvalue weighted by atomic mass is 32.1. The first-order chi connectivity index (χ1) is 12.2. The van der Waals surface area contributed by atoms with Crippen molar-refractivity contribution in [1.82, 2.24) is 0 Å². The average molecular weight is 368 g/mol. The second-order valence-corrected chi connectivity index (χ2v) is 7.17. The number of benzene rings is 2. The molecule has 126 valence electrons. The van der Waals surface area contributed by atoms with Gasteiger partial charge in [-0.05, 0) is 66.0 Å². The zero-order chi connectivity index (χ0) is 17.6. The Morgan fingerprint density at radius 1 is 1.00 bits per heavy atom. The van der Waals surface area contributed by atoms with E-state index >= 15 is 0 Å². The highest BCUT2D eigenvalue weighted by Gasteiger charge is 2.06. The highest BCUT2D eigenvalue weighted by molar-refractivity contribution is 7.78. The van der Waals surface area contributed by atoms with Crippen molar-refractivity contribution in [3.05, 3.63) is 65.3 Å². The van der Waals surface area contributed by atoms with Gasteiger partial charge in [0.15, 0.2) is 0 Å². The van der Waals surface area contributed by atoms with Crippen LogP contribution in [0.2, 0.25) is 0 Å². The number of aryl methyl sites for hydroxylation is 1. The first kappa shape index (κ1) is 17.7. The number of nitrogens with zero attached hydrogens (tertiary/aromatic N) is 1. The third-order valence-corrected chi connectivity index (χ3v) is 5.34. The van der Waals surface area contributed by atoms with Crippen LogP contribution in [0.3, 0.4) is 0 Å². The van der Waals surface area contributed by atoms with Crippen molar-refractivity contribution < 1.29 is 4.39 Å². The quantitative estimate of drug-likeness (QED) is 0.329. The molecule has 0 spiro atoms. The van der Waals surface area contributed by atoms with E-state index in [1.54, 1.807) is 6.07 Å². The molecule has 2 aromatic carbocycles. The summed E-state index contributed by atoms with van der Waals surface area (Å²) in [5.74, 6) is -0.391. The van der Waals surface area contributed by atoms with Crippen LogP contribution < -0.4 is 0 Å². The Kier molecular flexibility index (Phi) is 5.87. The zero-order valence-corrected chi connectivity index (χ0v) is 15.6. The molecule has 0 amide bonds. The minimum atomic E-state index is -0.391. The van der Waals surface area contributed by atoms with Crippen LogP contribution in [0.25, 0.3) is 21.6 Å². The van der Waals surface area contributed by atoms with E-state index in [2.05, 4.69) is 53.6 Å². The number of rotatable bonds is 6. The first-order valence-corrected chi connectivity index (χ1v) is 9.50. The lowest BCUT2D eigenvalue weighted by Gasteiger charge is -2.05. The van der Waals surface area contributed by atoms with Gasteiger partial charge in [-0.2, -0.15) is 4.99 Å². The Bertz CT molecular complexity index is 906. The summed E-state index contributed by atoms with van der Waals surface area (Å²) in [5.41, 5.74) is 3.21. The molecule has 0 bridgehead atoms. The first-order valence-electron chi connectivity index (χ1n) is 8.28. The van der Waals surface area contributed by atoms with Gasteiger partial charge in [-0.25, -0.2) is 4.39 Å². The van der Waals surface area contributed by atoms with Crippen molar-refractivity contribution in [2.45, 2.75) is 26.2 Å². The van der Waals surface area contributed by atoms with Gasteiger partial charge in [0.2, 0.25) is 0 Å². The van der Waals surface area contributed by atoms with E-state index < -0.39 is 5.82 Å². The Hall–Kier alpha value is -2.13. The molecule has 0 aliphatic heterocycles. The van der Waals surface area contributed by atoms with E-state index in [4.69, 9.17) is 0 Å². The molecule has 1 aromatic heterocycles.